The first-order chi connectivity index (χ1) is 16.2. The SMILES string of the molecule is CC(C)c1nnc(NC(=O)CSc2nc3cc(Cl)ccc3c(=O)n2-c2ccccc2C(C)C)o1. The average Bonchev–Trinajstić information content (AvgIpc) is 3.26. The van der Waals surface area contributed by atoms with E-state index in [1.807, 2.05) is 38.1 Å². The van der Waals surface area contributed by atoms with E-state index in [1.54, 1.807) is 22.8 Å². The Kier molecular flexibility index (Phi) is 7.04. The van der Waals surface area contributed by atoms with E-state index in [9.17, 15) is 9.59 Å². The molecule has 0 fully saturated rings. The van der Waals surface area contributed by atoms with Crippen LogP contribution in [0.2, 0.25) is 5.02 Å². The molecule has 0 aliphatic carbocycles. The summed E-state index contributed by atoms with van der Waals surface area (Å²) >= 11 is 7.29. The number of anilines is 1. The quantitative estimate of drug-likeness (QED) is 0.269. The Hall–Kier alpha value is -3.17. The summed E-state index contributed by atoms with van der Waals surface area (Å²) in [4.78, 5) is 30.9. The van der Waals surface area contributed by atoms with Gasteiger partial charge in [-0.2, -0.15) is 0 Å². The molecule has 0 aliphatic rings. The Morgan fingerprint density at radius 2 is 1.88 bits per heavy atom. The Labute approximate surface area is 205 Å². The molecule has 2 aromatic heterocycles. The molecule has 176 valence electrons. The van der Waals surface area contributed by atoms with Gasteiger partial charge in [0.15, 0.2) is 5.16 Å². The van der Waals surface area contributed by atoms with Crippen molar-refractivity contribution >= 4 is 46.2 Å². The first-order valence-electron chi connectivity index (χ1n) is 10.8. The number of thioether (sulfide) groups is 1. The highest BCUT2D eigenvalue weighted by molar-refractivity contribution is 7.99. The average molecular weight is 498 g/mol. The molecule has 0 unspecified atom stereocenters. The van der Waals surface area contributed by atoms with Crippen LogP contribution in [0.25, 0.3) is 16.6 Å². The second kappa shape index (κ2) is 9.99. The fourth-order valence-corrected chi connectivity index (χ4v) is 4.40. The van der Waals surface area contributed by atoms with E-state index in [1.165, 1.54) is 0 Å². The van der Waals surface area contributed by atoms with Crippen molar-refractivity contribution < 1.29 is 9.21 Å². The molecule has 2 aromatic carbocycles. The number of benzene rings is 2. The Bertz CT molecular complexity index is 1410. The normalized spacial score (nSPS) is 11.5. The van der Waals surface area contributed by atoms with Gasteiger partial charge in [0, 0.05) is 10.9 Å². The second-order valence-electron chi connectivity index (χ2n) is 8.35. The fraction of sp³-hybridized carbons (Fsp3) is 0.292. The summed E-state index contributed by atoms with van der Waals surface area (Å²) in [5, 5.41) is 11.7. The summed E-state index contributed by atoms with van der Waals surface area (Å²) in [5.74, 6) is 0.305. The van der Waals surface area contributed by atoms with Crippen molar-refractivity contribution in [3.63, 3.8) is 0 Å². The van der Waals surface area contributed by atoms with Gasteiger partial charge in [0.2, 0.25) is 11.8 Å². The standard InChI is InChI=1S/C24H24ClN5O3S/c1-13(2)16-7-5-6-8-19(16)30-22(32)17-10-9-15(25)11-18(17)26-24(30)34-12-20(31)27-23-29-28-21(33-23)14(3)4/h5-11,13-14H,12H2,1-4H3,(H,27,29,31). The van der Waals surface area contributed by atoms with Gasteiger partial charge in [0.05, 0.1) is 22.3 Å². The van der Waals surface area contributed by atoms with Gasteiger partial charge in [-0.1, -0.05) is 74.4 Å². The molecule has 4 aromatic rings. The van der Waals surface area contributed by atoms with Crippen LogP contribution in [-0.2, 0) is 4.79 Å². The smallest absolute Gasteiger partial charge is 0.322 e. The number of nitrogens with zero attached hydrogens (tertiary/aromatic N) is 4. The number of nitrogens with one attached hydrogen (secondary N) is 1. The molecule has 0 saturated heterocycles. The van der Waals surface area contributed by atoms with Crippen molar-refractivity contribution in [2.75, 3.05) is 11.1 Å². The van der Waals surface area contributed by atoms with Crippen molar-refractivity contribution in [3.8, 4) is 5.69 Å². The van der Waals surface area contributed by atoms with E-state index in [-0.39, 0.29) is 35.1 Å². The van der Waals surface area contributed by atoms with Crippen LogP contribution >= 0.6 is 23.4 Å². The highest BCUT2D eigenvalue weighted by atomic mass is 35.5. The summed E-state index contributed by atoms with van der Waals surface area (Å²) < 4.78 is 7.01. The molecule has 1 N–H and O–H groups in total. The van der Waals surface area contributed by atoms with E-state index >= 15 is 0 Å². The predicted molar refractivity (Wildman–Crippen MR) is 134 cm³/mol. The first kappa shape index (κ1) is 24.0. The molecule has 0 aliphatic heterocycles. The Morgan fingerprint density at radius 1 is 1.12 bits per heavy atom. The molecule has 1 amide bonds. The zero-order valence-electron chi connectivity index (χ0n) is 19.2. The summed E-state index contributed by atoms with van der Waals surface area (Å²) in [6.07, 6.45) is 0. The minimum atomic E-state index is -0.354. The van der Waals surface area contributed by atoms with E-state index in [2.05, 4.69) is 29.4 Å². The molecule has 4 rings (SSSR count). The van der Waals surface area contributed by atoms with Gasteiger partial charge < -0.3 is 4.42 Å². The summed E-state index contributed by atoms with van der Waals surface area (Å²) in [6.45, 7) is 7.96. The number of carbonyl (C=O) groups excluding carboxylic acids is 1. The summed E-state index contributed by atoms with van der Waals surface area (Å²) in [6, 6.07) is 12.7. The van der Waals surface area contributed by atoms with Gasteiger partial charge in [-0.15, -0.1) is 5.10 Å². The number of aromatic nitrogens is 4. The van der Waals surface area contributed by atoms with Crippen LogP contribution in [0.4, 0.5) is 6.01 Å². The number of carbonyl (C=O) groups is 1. The van der Waals surface area contributed by atoms with Gasteiger partial charge in [-0.25, -0.2) is 4.98 Å². The fourth-order valence-electron chi connectivity index (χ4n) is 3.43. The number of hydrogen-bond donors (Lipinski definition) is 1. The zero-order valence-corrected chi connectivity index (χ0v) is 20.8. The van der Waals surface area contributed by atoms with Crippen LogP contribution in [0.5, 0.6) is 0 Å². The van der Waals surface area contributed by atoms with Gasteiger partial charge in [-0.3, -0.25) is 19.5 Å². The first-order valence-corrected chi connectivity index (χ1v) is 12.2. The van der Waals surface area contributed by atoms with Gasteiger partial charge in [-0.05, 0) is 35.7 Å². The van der Waals surface area contributed by atoms with E-state index in [4.69, 9.17) is 21.0 Å². The molecule has 0 bridgehead atoms. The van der Waals surface area contributed by atoms with E-state index < -0.39 is 0 Å². The largest absolute Gasteiger partial charge is 0.408 e. The predicted octanol–water partition coefficient (Wildman–Crippen LogP) is 5.40. The molecule has 0 saturated carbocycles. The van der Waals surface area contributed by atoms with Crippen LogP contribution < -0.4 is 10.9 Å². The monoisotopic (exact) mass is 497 g/mol. The topological polar surface area (TPSA) is 103 Å². The van der Waals surface area contributed by atoms with Crippen LogP contribution in [0.3, 0.4) is 0 Å². The number of hydrogen-bond acceptors (Lipinski definition) is 7. The molecule has 0 radical (unpaired) electrons. The number of rotatable bonds is 7. The molecular weight excluding hydrogens is 474 g/mol. The maximum absolute atomic E-state index is 13.6. The molecule has 0 atom stereocenters. The molecule has 10 heteroatoms. The number of amides is 1. The highest BCUT2D eigenvalue weighted by Gasteiger charge is 2.19. The minimum Gasteiger partial charge on any atom is -0.408 e. The number of halogens is 1. The number of fused-ring (bicyclic) bond motifs is 1. The van der Waals surface area contributed by atoms with Crippen LogP contribution in [0.15, 0.2) is 56.8 Å². The van der Waals surface area contributed by atoms with Crippen molar-refractivity contribution in [1.82, 2.24) is 19.7 Å². The minimum absolute atomic E-state index is 0.0122. The lowest BCUT2D eigenvalue weighted by Crippen LogP contribution is -2.24. The summed E-state index contributed by atoms with van der Waals surface area (Å²) in [7, 11) is 0. The molecule has 0 spiro atoms. The summed E-state index contributed by atoms with van der Waals surface area (Å²) in [5.41, 5.74) is 1.97. The maximum atomic E-state index is 13.6. The lowest BCUT2D eigenvalue weighted by atomic mass is 10.0. The number of para-hydroxylation sites is 1. The molecule has 2 heterocycles. The zero-order chi connectivity index (χ0) is 24.4. The lowest BCUT2D eigenvalue weighted by Gasteiger charge is -2.18. The van der Waals surface area contributed by atoms with Crippen molar-refractivity contribution in [3.05, 3.63) is 69.3 Å². The Morgan fingerprint density at radius 3 is 2.59 bits per heavy atom. The highest BCUT2D eigenvalue weighted by Crippen LogP contribution is 2.28. The second-order valence-corrected chi connectivity index (χ2v) is 9.73. The van der Waals surface area contributed by atoms with Gasteiger partial charge in [0.1, 0.15) is 0 Å². The van der Waals surface area contributed by atoms with Gasteiger partial charge >= 0.3 is 6.01 Å². The van der Waals surface area contributed by atoms with Crippen LogP contribution in [0.1, 0.15) is 51.0 Å². The van der Waals surface area contributed by atoms with Crippen LogP contribution in [0, 0.1) is 0 Å². The van der Waals surface area contributed by atoms with Crippen LogP contribution in [-0.4, -0.2) is 31.4 Å². The molecule has 34 heavy (non-hydrogen) atoms. The third-order valence-electron chi connectivity index (χ3n) is 5.11. The maximum Gasteiger partial charge on any atom is 0.322 e. The van der Waals surface area contributed by atoms with Gasteiger partial charge in [0.25, 0.3) is 5.56 Å². The van der Waals surface area contributed by atoms with E-state index in [0.29, 0.717) is 27.0 Å². The lowest BCUT2D eigenvalue weighted by molar-refractivity contribution is -0.113. The third-order valence-corrected chi connectivity index (χ3v) is 6.29. The molecular formula is C24H24ClN5O3S. The van der Waals surface area contributed by atoms with E-state index in [0.717, 1.165) is 23.0 Å². The Balaban J connectivity index is 1.71. The van der Waals surface area contributed by atoms with Crippen molar-refractivity contribution in [2.24, 2.45) is 0 Å². The van der Waals surface area contributed by atoms with Crippen molar-refractivity contribution in [2.45, 2.75) is 44.7 Å². The third kappa shape index (κ3) is 5.00. The molecule has 8 nitrogen and oxygen atoms in total. The van der Waals surface area contributed by atoms with Crippen molar-refractivity contribution in [1.29, 1.82) is 0 Å².